The van der Waals surface area contributed by atoms with Gasteiger partial charge in [-0.15, -0.1) is 0 Å². The maximum Gasteiger partial charge on any atom is 0.246 e. The highest BCUT2D eigenvalue weighted by atomic mass is 35.5. The highest BCUT2D eigenvalue weighted by Gasteiger charge is 2.13. The Morgan fingerprint density at radius 1 is 1.40 bits per heavy atom. The summed E-state index contributed by atoms with van der Waals surface area (Å²) in [4.78, 5) is 20.6. The number of hydroxylamine groups is 2. The van der Waals surface area contributed by atoms with Gasteiger partial charge in [-0.1, -0.05) is 16.8 Å². The van der Waals surface area contributed by atoms with Crippen molar-refractivity contribution < 1.29 is 14.2 Å². The molecular formula is C13H14ClN3O3. The van der Waals surface area contributed by atoms with E-state index in [0.29, 0.717) is 23.2 Å². The van der Waals surface area contributed by atoms with Crippen molar-refractivity contribution in [1.29, 1.82) is 0 Å². The molecule has 106 valence electrons. The van der Waals surface area contributed by atoms with Crippen molar-refractivity contribution in [2.75, 3.05) is 14.2 Å². The summed E-state index contributed by atoms with van der Waals surface area (Å²) in [5.74, 6) is 0.732. The van der Waals surface area contributed by atoms with Crippen molar-refractivity contribution >= 4 is 17.5 Å². The molecule has 0 aliphatic rings. The number of nitrogens with zero attached hydrogens (tertiary/aromatic N) is 3. The minimum Gasteiger partial charge on any atom is -0.339 e. The second-order valence-electron chi connectivity index (χ2n) is 4.09. The number of hydrogen-bond acceptors (Lipinski definition) is 5. The van der Waals surface area contributed by atoms with Crippen LogP contribution < -0.4 is 0 Å². The van der Waals surface area contributed by atoms with Crippen molar-refractivity contribution in [3.8, 4) is 11.4 Å². The van der Waals surface area contributed by atoms with Gasteiger partial charge >= 0.3 is 0 Å². The first kappa shape index (κ1) is 14.5. The quantitative estimate of drug-likeness (QED) is 0.792. The van der Waals surface area contributed by atoms with E-state index >= 15 is 0 Å². The molecule has 20 heavy (non-hydrogen) atoms. The maximum absolute atomic E-state index is 11.6. The molecule has 0 saturated heterocycles. The summed E-state index contributed by atoms with van der Waals surface area (Å²) in [6, 6.07) is 7.12. The normalized spacial score (nSPS) is 10.6. The maximum atomic E-state index is 11.6. The predicted octanol–water partition coefficient (Wildman–Crippen LogP) is 2.34. The Morgan fingerprint density at radius 2 is 2.10 bits per heavy atom. The average Bonchev–Trinajstić information content (AvgIpc) is 2.93. The van der Waals surface area contributed by atoms with E-state index in [4.69, 9.17) is 21.0 Å². The molecule has 0 fully saturated rings. The van der Waals surface area contributed by atoms with Gasteiger partial charge in [-0.25, -0.2) is 5.06 Å². The van der Waals surface area contributed by atoms with Crippen molar-refractivity contribution in [1.82, 2.24) is 15.2 Å². The van der Waals surface area contributed by atoms with Gasteiger partial charge in [0.05, 0.1) is 7.11 Å². The molecule has 6 nitrogen and oxygen atoms in total. The van der Waals surface area contributed by atoms with Crippen LogP contribution in [0.5, 0.6) is 0 Å². The molecule has 1 amide bonds. The number of rotatable bonds is 5. The van der Waals surface area contributed by atoms with Crippen LogP contribution in [0.3, 0.4) is 0 Å². The molecule has 1 heterocycles. The third-order valence-electron chi connectivity index (χ3n) is 2.75. The lowest BCUT2D eigenvalue weighted by atomic mass is 10.2. The smallest absolute Gasteiger partial charge is 0.246 e. The topological polar surface area (TPSA) is 68.5 Å². The highest BCUT2D eigenvalue weighted by molar-refractivity contribution is 6.30. The summed E-state index contributed by atoms with van der Waals surface area (Å²) >= 11 is 5.81. The lowest BCUT2D eigenvalue weighted by Crippen LogP contribution is -2.25. The number of aryl methyl sites for hydroxylation is 1. The Bertz CT molecular complexity index is 583. The largest absolute Gasteiger partial charge is 0.339 e. The molecule has 0 atom stereocenters. The number of carbonyl (C=O) groups excluding carboxylic acids is 1. The van der Waals surface area contributed by atoms with Gasteiger partial charge in [0.25, 0.3) is 0 Å². The Balaban J connectivity index is 1.99. The minimum absolute atomic E-state index is 0.154. The van der Waals surface area contributed by atoms with Crippen LogP contribution in [0.25, 0.3) is 11.4 Å². The Kier molecular flexibility index (Phi) is 4.70. The van der Waals surface area contributed by atoms with E-state index in [1.54, 1.807) is 31.3 Å². The predicted molar refractivity (Wildman–Crippen MR) is 72.8 cm³/mol. The van der Waals surface area contributed by atoms with Crippen LogP contribution in [0, 0.1) is 0 Å². The number of amides is 1. The second-order valence-corrected chi connectivity index (χ2v) is 4.53. The van der Waals surface area contributed by atoms with E-state index in [1.807, 2.05) is 0 Å². The van der Waals surface area contributed by atoms with Crippen LogP contribution in [0.1, 0.15) is 12.3 Å². The average molecular weight is 296 g/mol. The van der Waals surface area contributed by atoms with Crippen LogP contribution in [-0.2, 0) is 16.1 Å². The second kappa shape index (κ2) is 6.49. The molecule has 1 aromatic heterocycles. The van der Waals surface area contributed by atoms with Gasteiger partial charge in [-0.2, -0.15) is 4.98 Å². The van der Waals surface area contributed by atoms with Crippen LogP contribution >= 0.6 is 11.6 Å². The molecule has 0 N–H and O–H groups in total. The molecule has 0 spiro atoms. The third kappa shape index (κ3) is 3.55. The van der Waals surface area contributed by atoms with E-state index in [1.165, 1.54) is 7.11 Å². The molecule has 2 aromatic rings. The third-order valence-corrected chi connectivity index (χ3v) is 3.00. The summed E-state index contributed by atoms with van der Waals surface area (Å²) in [6.45, 7) is 0. The van der Waals surface area contributed by atoms with E-state index in [-0.39, 0.29) is 12.3 Å². The molecule has 1 aromatic carbocycles. The van der Waals surface area contributed by atoms with Gasteiger partial charge in [-0.05, 0) is 24.3 Å². The molecular weight excluding hydrogens is 282 g/mol. The van der Waals surface area contributed by atoms with E-state index in [2.05, 4.69) is 10.1 Å². The zero-order valence-electron chi connectivity index (χ0n) is 11.2. The van der Waals surface area contributed by atoms with Crippen LogP contribution in [-0.4, -0.2) is 35.3 Å². The van der Waals surface area contributed by atoms with Gasteiger partial charge in [0.1, 0.15) is 0 Å². The fourth-order valence-electron chi connectivity index (χ4n) is 1.55. The zero-order valence-corrected chi connectivity index (χ0v) is 11.9. The number of hydrogen-bond donors (Lipinski definition) is 0. The van der Waals surface area contributed by atoms with E-state index in [0.717, 1.165) is 10.6 Å². The SMILES string of the molecule is CON(C)C(=O)CCc1nc(-c2ccc(Cl)cc2)no1. The van der Waals surface area contributed by atoms with Crippen molar-refractivity contribution in [2.45, 2.75) is 12.8 Å². The van der Waals surface area contributed by atoms with Gasteiger partial charge in [0, 0.05) is 30.5 Å². The van der Waals surface area contributed by atoms with Gasteiger partial charge in [0.15, 0.2) is 0 Å². The van der Waals surface area contributed by atoms with Crippen LogP contribution in [0.2, 0.25) is 5.02 Å². The first-order chi connectivity index (χ1) is 9.60. The number of aromatic nitrogens is 2. The van der Waals surface area contributed by atoms with Crippen LogP contribution in [0.15, 0.2) is 28.8 Å². The summed E-state index contributed by atoms with van der Waals surface area (Å²) in [5, 5.41) is 5.68. The van der Waals surface area contributed by atoms with Gasteiger partial charge < -0.3 is 4.52 Å². The summed E-state index contributed by atoms with van der Waals surface area (Å²) < 4.78 is 5.11. The lowest BCUT2D eigenvalue weighted by Gasteiger charge is -2.12. The molecule has 7 heteroatoms. The van der Waals surface area contributed by atoms with Gasteiger partial charge in [-0.3, -0.25) is 9.63 Å². The number of carbonyl (C=O) groups is 1. The Morgan fingerprint density at radius 3 is 2.75 bits per heavy atom. The molecule has 0 aliphatic carbocycles. The standard InChI is InChI=1S/C13H14ClN3O3/c1-17(19-2)12(18)8-7-11-15-13(16-20-11)9-3-5-10(14)6-4-9/h3-6H,7-8H2,1-2H3. The van der Waals surface area contributed by atoms with Crippen molar-refractivity contribution in [3.05, 3.63) is 35.2 Å². The van der Waals surface area contributed by atoms with E-state index in [9.17, 15) is 4.79 Å². The van der Waals surface area contributed by atoms with Crippen molar-refractivity contribution in [3.63, 3.8) is 0 Å². The fourth-order valence-corrected chi connectivity index (χ4v) is 1.67. The molecule has 0 bridgehead atoms. The highest BCUT2D eigenvalue weighted by Crippen LogP contribution is 2.19. The van der Waals surface area contributed by atoms with Gasteiger partial charge in [0.2, 0.25) is 17.6 Å². The summed E-state index contributed by atoms with van der Waals surface area (Å²) in [7, 11) is 2.98. The Labute approximate surface area is 121 Å². The first-order valence-electron chi connectivity index (χ1n) is 5.99. The fraction of sp³-hybridized carbons (Fsp3) is 0.308. The monoisotopic (exact) mass is 295 g/mol. The zero-order chi connectivity index (χ0) is 14.5. The number of halogens is 1. The van der Waals surface area contributed by atoms with Crippen LogP contribution in [0.4, 0.5) is 0 Å². The summed E-state index contributed by atoms with van der Waals surface area (Å²) in [5.41, 5.74) is 0.810. The molecule has 0 unspecified atom stereocenters. The minimum atomic E-state index is -0.154. The molecule has 0 radical (unpaired) electrons. The van der Waals surface area contributed by atoms with Crippen molar-refractivity contribution in [2.24, 2.45) is 0 Å². The lowest BCUT2D eigenvalue weighted by molar-refractivity contribution is -0.168. The summed E-state index contributed by atoms with van der Waals surface area (Å²) in [6.07, 6.45) is 0.611. The molecule has 0 aliphatic heterocycles. The number of benzene rings is 1. The Hall–Kier alpha value is -1.92. The first-order valence-corrected chi connectivity index (χ1v) is 6.37. The molecule has 0 saturated carbocycles. The molecule has 2 rings (SSSR count). The van der Waals surface area contributed by atoms with E-state index < -0.39 is 0 Å².